The maximum Gasteiger partial charge on any atom is 0.523 e. The van der Waals surface area contributed by atoms with Crippen LogP contribution >= 0.6 is 61.7 Å². The van der Waals surface area contributed by atoms with Gasteiger partial charge in [0.25, 0.3) is 0 Å². The molecule has 5 atom stereocenters. The number of aliphatic hydroxyl groups excluding tert-OH is 2. The molecular formula is C96H123Cl2F3N3O25P5S2. The molecule has 3 aliphatic rings. The van der Waals surface area contributed by atoms with Gasteiger partial charge >= 0.3 is 53.1 Å². The van der Waals surface area contributed by atoms with E-state index < -0.39 is 101 Å². The predicted molar refractivity (Wildman–Crippen MR) is 523 cm³/mol. The van der Waals surface area contributed by atoms with Crippen molar-refractivity contribution >= 4 is 88.0 Å². The van der Waals surface area contributed by atoms with Crippen LogP contribution in [-0.2, 0) is 146 Å². The minimum atomic E-state index is -5.79. The van der Waals surface area contributed by atoms with E-state index in [9.17, 15) is 63.1 Å². The van der Waals surface area contributed by atoms with Crippen molar-refractivity contribution < 1.29 is 127 Å². The lowest BCUT2D eigenvalue weighted by molar-refractivity contribution is -0.0907. The summed E-state index contributed by atoms with van der Waals surface area (Å²) in [5, 5.41) is 23.7. The van der Waals surface area contributed by atoms with Crippen LogP contribution in [0.25, 0.3) is 0 Å². The molecule has 0 aliphatic carbocycles. The number of benzene rings is 9. The third-order valence-corrected chi connectivity index (χ3v) is 30.3. The molecule has 136 heavy (non-hydrogen) atoms. The van der Waals surface area contributed by atoms with Crippen LogP contribution in [0, 0.1) is 11.8 Å². The van der Waals surface area contributed by atoms with E-state index in [1.165, 1.54) is 23.5 Å². The Kier molecular flexibility index (Phi) is 52.0. The van der Waals surface area contributed by atoms with Crippen molar-refractivity contribution in [3.63, 3.8) is 0 Å². The number of ether oxygens (including phenoxy) is 4. The first kappa shape index (κ1) is 115. The number of carbonyl (C=O) groups is 1. The summed E-state index contributed by atoms with van der Waals surface area (Å²) in [6.45, 7) is 14.1. The summed E-state index contributed by atoms with van der Waals surface area (Å²) in [5.74, 6) is 0.482. The van der Waals surface area contributed by atoms with Crippen molar-refractivity contribution in [2.75, 3.05) is 110 Å². The Morgan fingerprint density at radius 3 is 1.33 bits per heavy atom. The van der Waals surface area contributed by atoms with Crippen LogP contribution < -0.4 is 10.1 Å². The minimum absolute atomic E-state index is 0.00727. The maximum atomic E-state index is 13.7. The molecule has 4 N–H and O–H groups in total. The molecule has 28 nitrogen and oxygen atoms in total. The van der Waals surface area contributed by atoms with Crippen LogP contribution in [0.15, 0.2) is 296 Å². The molecule has 3 aliphatic heterocycles. The third kappa shape index (κ3) is 45.0. The first-order valence-corrected chi connectivity index (χ1v) is 56.5. The van der Waals surface area contributed by atoms with Gasteiger partial charge in [0.05, 0.1) is 140 Å². The number of hydrogen-bond donors (Lipinski definition) is 4. The lowest BCUT2D eigenvalue weighted by Crippen LogP contribution is -2.51. The largest absolute Gasteiger partial charge is 0.523 e. The molecule has 0 unspecified atom stereocenters. The van der Waals surface area contributed by atoms with E-state index in [2.05, 4.69) is 27.1 Å². The average Bonchev–Trinajstić information content (AvgIpc) is 1.30. The fourth-order valence-electron chi connectivity index (χ4n) is 12.9. The van der Waals surface area contributed by atoms with Crippen LogP contribution in [0.1, 0.15) is 77.6 Å². The molecule has 0 radical (unpaired) electrons. The highest BCUT2D eigenvalue weighted by atomic mass is 35.5. The quantitative estimate of drug-likeness (QED) is 0.00905. The van der Waals surface area contributed by atoms with Crippen LogP contribution in [0.2, 0.25) is 0 Å². The monoisotopic (exact) mass is 2060 g/mol. The fraction of sp³-hybridized carbons (Fsp3) is 0.385. The number of methoxy groups -OCH3 is 1. The second-order valence-corrected chi connectivity index (χ2v) is 47.1. The van der Waals surface area contributed by atoms with Gasteiger partial charge in [0, 0.05) is 38.9 Å². The van der Waals surface area contributed by atoms with E-state index >= 15 is 0 Å². The number of carbonyl (C=O) groups excluding carboxylic acids is 1. The van der Waals surface area contributed by atoms with Crippen LogP contribution in [0.5, 0.6) is 5.75 Å². The number of hydrogen-bond acceptors (Lipinski definition) is 26. The highest BCUT2D eigenvalue weighted by molar-refractivity contribution is 7.89. The van der Waals surface area contributed by atoms with Gasteiger partial charge in [-0.2, -0.15) is 25.9 Å². The SMILES string of the molecule is C=CCP(=O)(OCc1ccccc1)OCc1ccccc1.COc1ccc(S(=O)(=O)N(CC(C)C)C[C@@H](O)[C@H](CC2=CCN(CCP(C)(C)=O)CC2)NC(=O)O[C@H]2CO[C@H]3OCC[C@H]32)cc1.ClCCl.O=P(CCO)(OCc1ccccc1)OCc1ccccc1.O=P(CCOS(=O)(=O)C(F)(F)F)(OCc1ccccc1)OCc1ccccc1.OP(OCc1ccccc1)OCc1ccccc1. The van der Waals surface area contributed by atoms with Crippen LogP contribution in [-0.4, -0.2) is 187 Å². The van der Waals surface area contributed by atoms with Crippen molar-refractivity contribution in [2.45, 2.75) is 121 Å². The number of alkyl carbamates (subject to hydrolysis) is 1. The van der Waals surface area contributed by atoms with Gasteiger partial charge in [0.15, 0.2) is 6.29 Å². The highest BCUT2D eigenvalue weighted by Gasteiger charge is 2.48. The molecule has 2 fully saturated rings. The molecule has 40 heteroatoms. The Balaban J connectivity index is 0.000000240. The molecule has 0 spiro atoms. The molecule has 9 aromatic rings. The van der Waals surface area contributed by atoms with E-state index in [0.29, 0.717) is 55.8 Å². The molecule has 2 saturated heterocycles. The van der Waals surface area contributed by atoms with Gasteiger partial charge in [-0.25, -0.2) is 13.2 Å². The minimum Gasteiger partial charge on any atom is -0.497 e. The average molecular weight is 2070 g/mol. The molecule has 0 aromatic heterocycles. The normalized spacial score (nSPS) is 15.6. The molecule has 0 bridgehead atoms. The molecule has 1 amide bonds. The number of alkyl halides is 5. The number of sulfonamides is 1. The molecule has 12 rings (SSSR count). The Bertz CT molecular complexity index is 5170. The summed E-state index contributed by atoms with van der Waals surface area (Å²) in [6.07, 6.45) is 2.86. The Morgan fingerprint density at radius 1 is 0.588 bits per heavy atom. The Labute approximate surface area is 808 Å². The van der Waals surface area contributed by atoms with E-state index in [0.717, 1.165) is 64.9 Å². The van der Waals surface area contributed by atoms with Gasteiger partial charge in [-0.05, 0) is 107 Å². The van der Waals surface area contributed by atoms with Gasteiger partial charge in [-0.3, -0.25) is 22.8 Å². The van der Waals surface area contributed by atoms with E-state index in [-0.39, 0.29) is 107 Å². The van der Waals surface area contributed by atoms with Crippen molar-refractivity contribution in [1.29, 1.82) is 0 Å². The van der Waals surface area contributed by atoms with Crippen molar-refractivity contribution in [1.82, 2.24) is 14.5 Å². The summed E-state index contributed by atoms with van der Waals surface area (Å²) in [5.41, 5.74) is 2.60. The maximum absolute atomic E-state index is 13.7. The van der Waals surface area contributed by atoms with Crippen LogP contribution in [0.3, 0.4) is 0 Å². The van der Waals surface area contributed by atoms with E-state index in [4.69, 9.17) is 83.4 Å². The number of aliphatic hydroxyl groups is 2. The van der Waals surface area contributed by atoms with E-state index in [1.54, 1.807) is 92.2 Å². The number of nitrogens with zero attached hydrogens (tertiary/aromatic N) is 2. The second-order valence-electron chi connectivity index (χ2n) is 31.7. The van der Waals surface area contributed by atoms with Gasteiger partial charge in [0.2, 0.25) is 10.0 Å². The topological polar surface area (TPSA) is 353 Å². The number of allylic oxidation sites excluding steroid dienone is 1. The summed E-state index contributed by atoms with van der Waals surface area (Å²) < 4.78 is 207. The molecule has 744 valence electrons. The lowest BCUT2D eigenvalue weighted by Gasteiger charge is -2.33. The molecule has 9 aromatic carbocycles. The number of amides is 1. The zero-order valence-electron chi connectivity index (χ0n) is 76.6. The van der Waals surface area contributed by atoms with E-state index in [1.807, 2.05) is 196 Å². The first-order valence-electron chi connectivity index (χ1n) is 43.5. The van der Waals surface area contributed by atoms with Gasteiger partial charge in [-0.1, -0.05) is 274 Å². The second kappa shape index (κ2) is 61.3. The number of nitrogens with one attached hydrogen (secondary N) is 1. The van der Waals surface area contributed by atoms with Gasteiger partial charge < -0.3 is 80.1 Å². The van der Waals surface area contributed by atoms with Crippen molar-refractivity contribution in [3.8, 4) is 5.75 Å². The molecule has 3 heterocycles. The summed E-state index contributed by atoms with van der Waals surface area (Å²) in [6, 6.07) is 80.2. The van der Waals surface area contributed by atoms with Gasteiger partial charge in [0.1, 0.15) is 11.9 Å². The zero-order chi connectivity index (χ0) is 98.7. The summed E-state index contributed by atoms with van der Waals surface area (Å²) >= 11 is 9.53. The lowest BCUT2D eigenvalue weighted by atomic mass is 9.96. The van der Waals surface area contributed by atoms with Crippen molar-refractivity contribution in [3.05, 3.63) is 336 Å². The van der Waals surface area contributed by atoms with Crippen LogP contribution in [0.4, 0.5) is 18.0 Å². The third-order valence-electron chi connectivity index (χ3n) is 20.1. The summed E-state index contributed by atoms with van der Waals surface area (Å²) in [7, 11) is -22.6. The smallest absolute Gasteiger partial charge is 0.497 e. The number of halogens is 5. The molecular weight excluding hydrogens is 1940 g/mol. The number of fused-ring (bicyclic) bond motifs is 1. The standard InChI is InChI=1S/C31H50N3O9PS.C17H18F3O6PS.C17H19O3P.C16H19O4P.C14H15O3P.CH2Cl2/c1-22(2)19-34(45(38,39)25-8-6-24(40-3)7-9-25)20-28(35)27(18-23-10-13-33(14-11-23)15-17-44(4,5)37)32-31(36)43-29-21-42-30-26(29)12-16-41-30;18-17(19,20)28(22,23)26-11-12-27(21,24-13-15-7-3-1-4-8-15)25-14-16-9-5-2-6-10-16;1-2-13-21(18,19-14-16-9-5-3-6-10-16)20-15-17-11-7-4-8-12-17;17-11-12-21(18,19-13-15-7-3-1-4-8-15)20-14-16-9-5-2-6-10-16;15-18(16-11-13-7-3-1-4-8-13)17-12-14-9-5-2-6-10-14;2-1-3/h6-10,22,26-30,35H,11-21H2,1-5H3,(H,32,36);1-10H,11-14H2;2-12H,1,13-15H2;1-10,17H,11-14H2;1-10,15H,11-12H2;1H2/t26-,27-,28+,29-,30+;;;;;/m0...../s1. The summed E-state index contributed by atoms with van der Waals surface area (Å²) in [4.78, 5) is 25.1. The zero-order valence-corrected chi connectivity index (χ0v) is 84.2. The molecule has 0 saturated carbocycles. The van der Waals surface area contributed by atoms with Crippen molar-refractivity contribution in [2.24, 2.45) is 11.8 Å². The number of rotatable bonds is 47. The highest BCUT2D eigenvalue weighted by Crippen LogP contribution is 2.52. The van der Waals surface area contributed by atoms with Gasteiger partial charge in [-0.15, -0.1) is 29.8 Å². The predicted octanol–water partition coefficient (Wildman–Crippen LogP) is 21.1. The Hall–Kier alpha value is -7.49. The fourth-order valence-corrected chi connectivity index (χ4v) is 20.3. The first-order chi connectivity index (χ1) is 65.1. The Morgan fingerprint density at radius 2 is 0.978 bits per heavy atom.